The number of carbonyl (C=O) groups is 1. The van der Waals surface area contributed by atoms with E-state index >= 15 is 0 Å². The summed E-state index contributed by atoms with van der Waals surface area (Å²) in [4.78, 5) is 28.3. The van der Waals surface area contributed by atoms with Crippen molar-refractivity contribution < 1.29 is 4.79 Å². The maximum Gasteiger partial charge on any atom is 0.240 e. The van der Waals surface area contributed by atoms with Gasteiger partial charge in [-0.3, -0.25) is 9.69 Å². The second kappa shape index (κ2) is 10.9. The van der Waals surface area contributed by atoms with Crippen molar-refractivity contribution in [3.05, 3.63) is 87.5 Å². The normalized spacial score (nSPS) is 18.1. The summed E-state index contributed by atoms with van der Waals surface area (Å²) >= 11 is 9.92. The fraction of sp³-hybridized carbons (Fsp3) is 0.321. The van der Waals surface area contributed by atoms with E-state index in [4.69, 9.17) is 11.6 Å². The van der Waals surface area contributed by atoms with Crippen molar-refractivity contribution in [2.75, 3.05) is 13.6 Å². The largest absolute Gasteiger partial charge is 0.339 e. The Bertz CT molecular complexity index is 1340. The number of benzene rings is 2. The molecule has 0 radical (unpaired) electrons. The number of carbonyl (C=O) groups excluding carboxylic acids is 1. The molecule has 3 heterocycles. The highest BCUT2D eigenvalue weighted by Gasteiger charge is 2.39. The minimum atomic E-state index is -0.218. The molecule has 2 aromatic carbocycles. The number of likely N-dealkylation sites (tertiary alicyclic amines) is 1. The molecule has 0 aliphatic carbocycles. The molecule has 1 aliphatic heterocycles. The third-order valence-electron chi connectivity index (χ3n) is 6.46. The molecule has 0 saturated carbocycles. The minimum absolute atomic E-state index is 0.143. The average molecular weight is 537 g/mol. The molecule has 36 heavy (non-hydrogen) atoms. The van der Waals surface area contributed by atoms with Gasteiger partial charge in [-0.25, -0.2) is 9.97 Å². The van der Waals surface area contributed by atoms with E-state index in [9.17, 15) is 4.79 Å². The Morgan fingerprint density at radius 1 is 1.11 bits per heavy atom. The van der Waals surface area contributed by atoms with Crippen LogP contribution in [0.1, 0.15) is 28.2 Å². The second-order valence-corrected chi connectivity index (χ2v) is 12.2. The van der Waals surface area contributed by atoms with Gasteiger partial charge in [-0.2, -0.15) is 0 Å². The van der Waals surface area contributed by atoms with Crippen molar-refractivity contribution in [3.63, 3.8) is 0 Å². The maximum atomic E-state index is 13.8. The predicted octanol–water partition coefficient (Wildman–Crippen LogP) is 6.36. The van der Waals surface area contributed by atoms with Gasteiger partial charge in [0.1, 0.15) is 0 Å². The van der Waals surface area contributed by atoms with Crippen LogP contribution in [0.25, 0.3) is 10.1 Å². The number of thiophene rings is 1. The highest BCUT2D eigenvalue weighted by molar-refractivity contribution is 7.99. The number of rotatable bonds is 7. The van der Waals surface area contributed by atoms with Gasteiger partial charge in [0.25, 0.3) is 0 Å². The minimum Gasteiger partial charge on any atom is -0.339 e. The van der Waals surface area contributed by atoms with E-state index in [1.54, 1.807) is 23.1 Å². The summed E-state index contributed by atoms with van der Waals surface area (Å²) in [5.41, 5.74) is 2.97. The number of thioether (sulfide) groups is 1. The molecular formula is C28H29ClN4OS2. The molecule has 5 nitrogen and oxygen atoms in total. The van der Waals surface area contributed by atoms with E-state index < -0.39 is 0 Å². The van der Waals surface area contributed by atoms with Crippen molar-refractivity contribution >= 4 is 50.7 Å². The first-order valence-corrected chi connectivity index (χ1v) is 14.1. The molecule has 5 rings (SSSR count). The summed E-state index contributed by atoms with van der Waals surface area (Å²) in [6, 6.07) is 20.2. The van der Waals surface area contributed by atoms with Gasteiger partial charge in [-0.05, 0) is 55.5 Å². The lowest BCUT2D eigenvalue weighted by Gasteiger charge is -2.28. The monoisotopic (exact) mass is 536 g/mol. The summed E-state index contributed by atoms with van der Waals surface area (Å²) in [7, 11) is 1.91. The van der Waals surface area contributed by atoms with Crippen LogP contribution in [0.5, 0.6) is 0 Å². The Hall–Kier alpha value is -2.45. The molecule has 0 spiro atoms. The Labute approximate surface area is 225 Å². The number of aryl methyl sites for hydroxylation is 2. The van der Waals surface area contributed by atoms with Crippen LogP contribution in [0.15, 0.2) is 65.8 Å². The number of aromatic nitrogens is 2. The van der Waals surface area contributed by atoms with Gasteiger partial charge in [0.05, 0.1) is 12.6 Å². The molecule has 2 atom stereocenters. The number of halogens is 1. The molecule has 2 aromatic heterocycles. The first-order chi connectivity index (χ1) is 17.4. The smallest absolute Gasteiger partial charge is 0.240 e. The zero-order valence-corrected chi connectivity index (χ0v) is 23.0. The molecule has 186 valence electrons. The van der Waals surface area contributed by atoms with E-state index in [0.29, 0.717) is 13.1 Å². The molecule has 4 aromatic rings. The highest BCUT2D eigenvalue weighted by atomic mass is 35.5. The van der Waals surface area contributed by atoms with Crippen LogP contribution >= 0.6 is 34.7 Å². The molecule has 0 unspecified atom stereocenters. The summed E-state index contributed by atoms with van der Waals surface area (Å²) in [5.74, 6) is 0.143. The van der Waals surface area contributed by atoms with Gasteiger partial charge < -0.3 is 4.90 Å². The van der Waals surface area contributed by atoms with Gasteiger partial charge in [-0.1, -0.05) is 59.8 Å². The Morgan fingerprint density at radius 2 is 1.83 bits per heavy atom. The lowest BCUT2D eigenvalue weighted by Crippen LogP contribution is -2.43. The van der Waals surface area contributed by atoms with Crippen LogP contribution < -0.4 is 0 Å². The first kappa shape index (κ1) is 25.2. The number of hydrogen-bond acceptors (Lipinski definition) is 6. The van der Waals surface area contributed by atoms with Gasteiger partial charge >= 0.3 is 0 Å². The lowest BCUT2D eigenvalue weighted by molar-refractivity contribution is -0.135. The maximum absolute atomic E-state index is 13.8. The number of fused-ring (bicyclic) bond motifs is 1. The van der Waals surface area contributed by atoms with Crippen molar-refractivity contribution in [1.82, 2.24) is 19.8 Å². The zero-order chi connectivity index (χ0) is 25.2. The van der Waals surface area contributed by atoms with E-state index in [2.05, 4.69) is 45.2 Å². The fourth-order valence-electron chi connectivity index (χ4n) is 4.80. The van der Waals surface area contributed by atoms with Crippen molar-refractivity contribution in [3.8, 4) is 0 Å². The standard InChI is InChI=1S/C28H29ClN4OS2/c1-18-12-19(2)31-28(30-18)36-23-14-25(33(17-23)15-21-9-4-6-10-24(21)29)27(34)32(3)16-22-13-20-8-5-7-11-26(20)35-22/h4-13,23,25H,14-17H2,1-3H3/t23-,25+/m1/s1. The second-order valence-electron chi connectivity index (χ2n) is 9.39. The van der Waals surface area contributed by atoms with Crippen LogP contribution in [0.3, 0.4) is 0 Å². The third-order valence-corrected chi connectivity index (χ3v) is 9.00. The van der Waals surface area contributed by atoms with Gasteiger partial charge in [0.15, 0.2) is 5.16 Å². The van der Waals surface area contributed by atoms with Crippen LogP contribution in [-0.2, 0) is 17.9 Å². The number of nitrogens with zero attached hydrogens (tertiary/aromatic N) is 4. The van der Waals surface area contributed by atoms with Crippen LogP contribution in [0.4, 0.5) is 0 Å². The zero-order valence-electron chi connectivity index (χ0n) is 20.6. The number of hydrogen-bond donors (Lipinski definition) is 0. The fourth-order valence-corrected chi connectivity index (χ4v) is 7.35. The van der Waals surface area contributed by atoms with Gasteiger partial charge in [0.2, 0.25) is 5.91 Å². The topological polar surface area (TPSA) is 49.3 Å². The molecule has 1 amide bonds. The molecule has 1 saturated heterocycles. The van der Waals surface area contributed by atoms with Gasteiger partial charge in [0, 0.05) is 51.4 Å². The van der Waals surface area contributed by atoms with Gasteiger partial charge in [-0.15, -0.1) is 11.3 Å². The van der Waals surface area contributed by atoms with Crippen molar-refractivity contribution in [2.45, 2.75) is 49.8 Å². The molecule has 1 aliphatic rings. The predicted molar refractivity (Wildman–Crippen MR) is 150 cm³/mol. The summed E-state index contributed by atoms with van der Waals surface area (Å²) in [5, 5.41) is 2.96. The Balaban J connectivity index is 1.35. The number of likely N-dealkylation sites (N-methyl/N-ethyl adjacent to an activating group) is 1. The Morgan fingerprint density at radius 3 is 2.58 bits per heavy atom. The van der Waals surface area contributed by atoms with E-state index in [1.165, 1.54) is 15.0 Å². The van der Waals surface area contributed by atoms with E-state index in [1.807, 2.05) is 56.1 Å². The van der Waals surface area contributed by atoms with E-state index in [0.717, 1.165) is 40.1 Å². The Kier molecular flexibility index (Phi) is 7.62. The first-order valence-electron chi connectivity index (χ1n) is 12.0. The summed E-state index contributed by atoms with van der Waals surface area (Å²) in [6.07, 6.45) is 0.751. The molecule has 0 N–H and O–H groups in total. The van der Waals surface area contributed by atoms with Crippen molar-refractivity contribution in [1.29, 1.82) is 0 Å². The van der Waals surface area contributed by atoms with Crippen LogP contribution in [0, 0.1) is 13.8 Å². The lowest BCUT2D eigenvalue weighted by atomic mass is 10.1. The third kappa shape index (κ3) is 5.75. The summed E-state index contributed by atoms with van der Waals surface area (Å²) in [6.45, 7) is 6.00. The van der Waals surface area contributed by atoms with Crippen LogP contribution in [-0.4, -0.2) is 50.6 Å². The van der Waals surface area contributed by atoms with Crippen LogP contribution in [0.2, 0.25) is 5.02 Å². The van der Waals surface area contributed by atoms with Crippen molar-refractivity contribution in [2.24, 2.45) is 0 Å². The quantitative estimate of drug-likeness (QED) is 0.257. The average Bonchev–Trinajstić information content (AvgIpc) is 3.42. The van der Waals surface area contributed by atoms with E-state index in [-0.39, 0.29) is 17.2 Å². The molecule has 8 heteroatoms. The summed E-state index contributed by atoms with van der Waals surface area (Å²) < 4.78 is 1.25. The number of amides is 1. The molecule has 1 fully saturated rings. The molecular weight excluding hydrogens is 508 g/mol. The SMILES string of the molecule is Cc1cc(C)nc(S[C@@H]2C[C@@H](C(=O)N(C)Cc3cc4ccccc4s3)N(Cc3ccccc3Cl)C2)n1. The highest BCUT2D eigenvalue weighted by Crippen LogP contribution is 2.34. The molecule has 0 bridgehead atoms.